The maximum atomic E-state index is 11.2. The van der Waals surface area contributed by atoms with Crippen LogP contribution in [0.2, 0.25) is 0 Å². The Morgan fingerprint density at radius 3 is 2.14 bits per heavy atom. The molecule has 0 unspecified atom stereocenters. The van der Waals surface area contributed by atoms with Gasteiger partial charge in [0.2, 0.25) is 5.03 Å². The lowest BCUT2D eigenvalue weighted by atomic mass is 10.1. The number of nitro groups is 1. The van der Waals surface area contributed by atoms with Gasteiger partial charge in [0.15, 0.2) is 5.69 Å². The largest absolute Gasteiger partial charge is 0.295 e. The summed E-state index contributed by atoms with van der Waals surface area (Å²) in [6.45, 7) is 0. The topological polar surface area (TPSA) is 51.9 Å². The standard InChI is InChI=1S/C22H17N3O2S/c1-23-20(17-11-8-14-19(15-17)25(26)27)22(28)24(18-12-6-3-7-13-18)21(23)16-9-4-2-5-10-16/h2-15H,1H3/p+1. The minimum atomic E-state index is -0.381. The molecule has 0 bridgehead atoms. The van der Waals surface area contributed by atoms with Crippen molar-refractivity contribution in [1.29, 1.82) is 0 Å². The van der Waals surface area contributed by atoms with Crippen LogP contribution in [0.4, 0.5) is 5.69 Å². The van der Waals surface area contributed by atoms with Crippen LogP contribution in [0.25, 0.3) is 28.3 Å². The monoisotopic (exact) mass is 388 g/mol. The molecule has 0 radical (unpaired) electrons. The number of aromatic nitrogens is 2. The van der Waals surface area contributed by atoms with E-state index >= 15 is 0 Å². The molecule has 1 aromatic heterocycles. The number of nitro benzene ring substituents is 1. The first-order valence-electron chi connectivity index (χ1n) is 8.77. The summed E-state index contributed by atoms with van der Waals surface area (Å²) in [6.07, 6.45) is 0. The van der Waals surface area contributed by atoms with Gasteiger partial charge in [-0.2, -0.15) is 4.57 Å². The number of hydrogen-bond donors (Lipinski definition) is 1. The van der Waals surface area contributed by atoms with Crippen LogP contribution < -0.4 is 4.57 Å². The predicted molar refractivity (Wildman–Crippen MR) is 112 cm³/mol. The SMILES string of the molecule is C[n+]1c(-c2cccc([N+](=O)[O-])c2)c(S)n(-c2ccccc2)c1-c1ccccc1. The van der Waals surface area contributed by atoms with E-state index in [1.165, 1.54) is 6.07 Å². The van der Waals surface area contributed by atoms with Crippen LogP contribution in [0, 0.1) is 10.1 Å². The molecule has 0 N–H and O–H groups in total. The van der Waals surface area contributed by atoms with E-state index < -0.39 is 0 Å². The van der Waals surface area contributed by atoms with Crippen LogP contribution in [0.1, 0.15) is 0 Å². The third-order valence-electron chi connectivity index (χ3n) is 4.67. The second-order valence-electron chi connectivity index (χ2n) is 6.40. The van der Waals surface area contributed by atoms with Gasteiger partial charge in [-0.1, -0.05) is 61.2 Å². The quantitative estimate of drug-likeness (QED) is 0.236. The predicted octanol–water partition coefficient (Wildman–Crippen LogP) is 4.83. The van der Waals surface area contributed by atoms with Crippen molar-refractivity contribution >= 4 is 18.3 Å². The van der Waals surface area contributed by atoms with E-state index in [4.69, 9.17) is 12.6 Å². The van der Waals surface area contributed by atoms with Crippen LogP contribution >= 0.6 is 12.6 Å². The van der Waals surface area contributed by atoms with Gasteiger partial charge in [-0.3, -0.25) is 10.1 Å². The van der Waals surface area contributed by atoms with Crippen molar-refractivity contribution in [3.05, 3.63) is 95.0 Å². The van der Waals surface area contributed by atoms with E-state index in [0.717, 1.165) is 28.3 Å². The Bertz CT molecular complexity index is 1090. The first kappa shape index (κ1) is 18.0. The molecule has 0 amide bonds. The second kappa shape index (κ2) is 7.32. The molecule has 0 saturated carbocycles. The maximum absolute atomic E-state index is 11.2. The van der Waals surface area contributed by atoms with Gasteiger partial charge < -0.3 is 0 Å². The minimum Gasteiger partial charge on any atom is -0.258 e. The van der Waals surface area contributed by atoms with Crippen molar-refractivity contribution in [1.82, 2.24) is 4.57 Å². The Kier molecular flexibility index (Phi) is 4.71. The van der Waals surface area contributed by atoms with E-state index in [1.54, 1.807) is 12.1 Å². The highest BCUT2D eigenvalue weighted by Crippen LogP contribution is 2.33. The molecule has 0 spiro atoms. The summed E-state index contributed by atoms with van der Waals surface area (Å²) in [7, 11) is 1.95. The summed E-state index contributed by atoms with van der Waals surface area (Å²) < 4.78 is 4.09. The normalized spacial score (nSPS) is 10.8. The summed E-state index contributed by atoms with van der Waals surface area (Å²) >= 11 is 4.83. The number of thiol groups is 1. The molecule has 4 aromatic rings. The van der Waals surface area contributed by atoms with E-state index in [9.17, 15) is 10.1 Å². The zero-order valence-electron chi connectivity index (χ0n) is 15.2. The molecule has 0 atom stereocenters. The van der Waals surface area contributed by atoms with Crippen molar-refractivity contribution in [3.63, 3.8) is 0 Å². The van der Waals surface area contributed by atoms with E-state index in [0.29, 0.717) is 5.03 Å². The van der Waals surface area contributed by atoms with Gasteiger partial charge in [-0.15, -0.1) is 0 Å². The summed E-state index contributed by atoms with van der Waals surface area (Å²) in [5, 5.41) is 12.0. The highest BCUT2D eigenvalue weighted by atomic mass is 32.1. The van der Waals surface area contributed by atoms with Crippen LogP contribution in [0.3, 0.4) is 0 Å². The average molecular weight is 388 g/mol. The molecule has 1 heterocycles. The van der Waals surface area contributed by atoms with Crippen LogP contribution in [-0.4, -0.2) is 9.49 Å². The minimum absolute atomic E-state index is 0.0546. The van der Waals surface area contributed by atoms with Crippen LogP contribution in [0.15, 0.2) is 90.0 Å². The molecule has 28 heavy (non-hydrogen) atoms. The van der Waals surface area contributed by atoms with Crippen molar-refractivity contribution in [3.8, 4) is 28.3 Å². The Morgan fingerprint density at radius 2 is 1.50 bits per heavy atom. The molecule has 0 aliphatic heterocycles. The third-order valence-corrected chi connectivity index (χ3v) is 5.08. The molecule has 6 heteroatoms. The molecule has 3 aromatic carbocycles. The Labute approximate surface area is 168 Å². The van der Waals surface area contributed by atoms with Crippen molar-refractivity contribution in [2.75, 3.05) is 0 Å². The maximum Gasteiger partial charge on any atom is 0.295 e. The van der Waals surface area contributed by atoms with Gasteiger partial charge in [-0.25, -0.2) is 4.57 Å². The van der Waals surface area contributed by atoms with Crippen molar-refractivity contribution < 1.29 is 9.49 Å². The van der Waals surface area contributed by atoms with Gasteiger partial charge in [0.05, 0.1) is 17.5 Å². The smallest absolute Gasteiger partial charge is 0.258 e. The Morgan fingerprint density at radius 1 is 0.893 bits per heavy atom. The van der Waals surface area contributed by atoms with Gasteiger partial charge in [-0.05, 0) is 24.3 Å². The average Bonchev–Trinajstić information content (AvgIpc) is 2.99. The lowest BCUT2D eigenvalue weighted by molar-refractivity contribution is -0.649. The third kappa shape index (κ3) is 3.08. The molecule has 0 aliphatic carbocycles. The molecular weight excluding hydrogens is 370 g/mol. The van der Waals surface area contributed by atoms with Gasteiger partial charge in [0, 0.05) is 17.7 Å². The van der Waals surface area contributed by atoms with Crippen molar-refractivity contribution in [2.45, 2.75) is 5.03 Å². The fourth-order valence-electron chi connectivity index (χ4n) is 3.43. The number of imidazole rings is 1. The highest BCUT2D eigenvalue weighted by molar-refractivity contribution is 7.80. The molecule has 0 aliphatic rings. The lowest BCUT2D eigenvalue weighted by Crippen LogP contribution is -2.32. The molecule has 5 nitrogen and oxygen atoms in total. The fourth-order valence-corrected chi connectivity index (χ4v) is 3.92. The van der Waals surface area contributed by atoms with Gasteiger partial charge in [0.25, 0.3) is 11.5 Å². The summed E-state index contributed by atoms with van der Waals surface area (Å²) in [5.74, 6) is 0.943. The lowest BCUT2D eigenvalue weighted by Gasteiger charge is -2.03. The molecular formula is C22H18N3O2S+. The second-order valence-corrected chi connectivity index (χ2v) is 6.82. The molecule has 4 rings (SSSR count). The first-order chi connectivity index (χ1) is 13.6. The molecule has 138 valence electrons. The van der Waals surface area contributed by atoms with Gasteiger partial charge >= 0.3 is 0 Å². The molecule has 0 fully saturated rings. The number of benzene rings is 3. The number of non-ortho nitro benzene ring substituents is 1. The Balaban J connectivity index is 2.03. The number of para-hydroxylation sites is 1. The summed E-state index contributed by atoms with van der Waals surface area (Å²) in [6, 6.07) is 26.6. The van der Waals surface area contributed by atoms with Crippen LogP contribution in [0.5, 0.6) is 0 Å². The number of hydrogen-bond acceptors (Lipinski definition) is 3. The highest BCUT2D eigenvalue weighted by Gasteiger charge is 2.30. The molecule has 0 saturated heterocycles. The van der Waals surface area contributed by atoms with E-state index in [-0.39, 0.29) is 10.6 Å². The summed E-state index contributed by atoms with van der Waals surface area (Å²) in [4.78, 5) is 10.9. The Hall–Kier alpha value is -3.38. The van der Waals surface area contributed by atoms with Crippen LogP contribution in [-0.2, 0) is 7.05 Å². The zero-order valence-corrected chi connectivity index (χ0v) is 16.1. The summed E-state index contributed by atoms with van der Waals surface area (Å²) in [5.41, 5.74) is 3.61. The zero-order chi connectivity index (χ0) is 19.7. The number of nitrogens with zero attached hydrogens (tertiary/aromatic N) is 3. The van der Waals surface area contributed by atoms with Crippen molar-refractivity contribution in [2.24, 2.45) is 7.05 Å². The fraction of sp³-hybridized carbons (Fsp3) is 0.0455. The number of rotatable bonds is 4. The van der Waals surface area contributed by atoms with Gasteiger partial charge in [0.1, 0.15) is 5.69 Å². The van der Waals surface area contributed by atoms with E-state index in [1.807, 2.05) is 78.3 Å². The van der Waals surface area contributed by atoms with E-state index in [2.05, 4.69) is 4.57 Å². The first-order valence-corrected chi connectivity index (χ1v) is 9.22.